The van der Waals surface area contributed by atoms with Crippen LogP contribution >= 0.6 is 0 Å². The highest BCUT2D eigenvalue weighted by molar-refractivity contribution is 5.93. The van der Waals surface area contributed by atoms with Crippen molar-refractivity contribution >= 4 is 56.0 Å². The molecule has 6 heteroatoms. The van der Waals surface area contributed by atoms with E-state index in [-0.39, 0.29) is 0 Å². The number of benzene rings is 4. The van der Waals surface area contributed by atoms with Gasteiger partial charge in [-0.05, 0) is 59.7 Å². The van der Waals surface area contributed by atoms with Gasteiger partial charge >= 0.3 is 11.7 Å². The molecule has 0 bridgehead atoms. The second kappa shape index (κ2) is 5.56. The maximum atomic E-state index is 5.93. The van der Waals surface area contributed by atoms with Gasteiger partial charge in [0.1, 0.15) is 0 Å². The van der Waals surface area contributed by atoms with Gasteiger partial charge in [0.05, 0.1) is 33.1 Å². The molecule has 0 aliphatic carbocycles. The molecular formula is C26H14N4O2. The molecule has 0 N–H and O–H groups in total. The lowest BCUT2D eigenvalue weighted by Crippen LogP contribution is -1.83. The molecule has 4 aromatic heterocycles. The molecule has 0 amide bonds. The van der Waals surface area contributed by atoms with E-state index in [0.717, 1.165) is 55.4 Å². The molecule has 0 aliphatic rings. The molecule has 32 heavy (non-hydrogen) atoms. The van der Waals surface area contributed by atoms with Crippen molar-refractivity contribution in [1.29, 1.82) is 0 Å². The molecule has 0 atom stereocenters. The van der Waals surface area contributed by atoms with Crippen LogP contribution in [0.2, 0.25) is 0 Å². The van der Waals surface area contributed by atoms with Crippen molar-refractivity contribution < 1.29 is 8.83 Å². The Morgan fingerprint density at radius 1 is 0.500 bits per heavy atom. The summed E-state index contributed by atoms with van der Waals surface area (Å²) in [6.07, 6.45) is 0. The molecule has 6 nitrogen and oxygen atoms in total. The zero-order chi connectivity index (χ0) is 20.8. The van der Waals surface area contributed by atoms with Gasteiger partial charge in [-0.1, -0.05) is 36.4 Å². The predicted molar refractivity (Wildman–Crippen MR) is 124 cm³/mol. The average molecular weight is 414 g/mol. The number of rotatable bonds is 1. The van der Waals surface area contributed by atoms with Gasteiger partial charge in [0.15, 0.2) is 11.2 Å². The molecule has 0 saturated carbocycles. The van der Waals surface area contributed by atoms with E-state index in [0.29, 0.717) is 11.7 Å². The number of aromatic nitrogens is 4. The van der Waals surface area contributed by atoms with E-state index < -0.39 is 0 Å². The van der Waals surface area contributed by atoms with Crippen LogP contribution < -0.4 is 0 Å². The van der Waals surface area contributed by atoms with Gasteiger partial charge in [-0.3, -0.25) is 8.80 Å². The van der Waals surface area contributed by atoms with Crippen molar-refractivity contribution in [3.8, 4) is 11.1 Å². The first-order valence-corrected chi connectivity index (χ1v) is 10.4. The van der Waals surface area contributed by atoms with Crippen LogP contribution in [-0.2, 0) is 0 Å². The standard InChI is InChI=1S/C26H14N4O2/c1-3-7-23-21(5-1)29-19-11-9-15(13-17(19)27-25(29)31-23)16-10-12-20-18(14-16)28-26-30(20)22-6-2-4-8-24(22)32-26/h1-14H. The van der Waals surface area contributed by atoms with Gasteiger partial charge in [0.2, 0.25) is 0 Å². The second-order valence-electron chi connectivity index (χ2n) is 8.01. The summed E-state index contributed by atoms with van der Waals surface area (Å²) in [5.74, 6) is 1.21. The highest BCUT2D eigenvalue weighted by Gasteiger charge is 2.15. The fraction of sp³-hybridized carbons (Fsp3) is 0. The highest BCUT2D eigenvalue weighted by Crippen LogP contribution is 2.32. The minimum Gasteiger partial charge on any atom is -0.423 e. The Morgan fingerprint density at radius 2 is 0.969 bits per heavy atom. The largest absolute Gasteiger partial charge is 0.423 e. The van der Waals surface area contributed by atoms with Crippen LogP contribution in [-0.4, -0.2) is 18.8 Å². The Labute approximate surface area is 179 Å². The maximum absolute atomic E-state index is 5.93. The maximum Gasteiger partial charge on any atom is 0.307 e. The van der Waals surface area contributed by atoms with Crippen molar-refractivity contribution in [2.45, 2.75) is 0 Å². The normalized spacial score (nSPS) is 12.4. The third-order valence-electron chi connectivity index (χ3n) is 6.20. The minimum absolute atomic E-state index is 0.607. The van der Waals surface area contributed by atoms with Crippen LogP contribution in [0.5, 0.6) is 0 Å². The number of imidazole rings is 2. The van der Waals surface area contributed by atoms with E-state index in [9.17, 15) is 0 Å². The van der Waals surface area contributed by atoms with Crippen molar-refractivity contribution in [2.75, 3.05) is 0 Å². The lowest BCUT2D eigenvalue weighted by Gasteiger charge is -2.03. The van der Waals surface area contributed by atoms with Gasteiger partial charge < -0.3 is 8.83 Å². The fourth-order valence-electron chi connectivity index (χ4n) is 4.73. The summed E-state index contributed by atoms with van der Waals surface area (Å²) in [6, 6.07) is 28.6. The van der Waals surface area contributed by atoms with E-state index >= 15 is 0 Å². The van der Waals surface area contributed by atoms with E-state index in [4.69, 9.17) is 18.8 Å². The summed E-state index contributed by atoms with van der Waals surface area (Å²) < 4.78 is 16.0. The predicted octanol–water partition coefficient (Wildman–Crippen LogP) is 6.45. The fourth-order valence-corrected chi connectivity index (χ4v) is 4.73. The van der Waals surface area contributed by atoms with Gasteiger partial charge in [0, 0.05) is 0 Å². The van der Waals surface area contributed by atoms with E-state index in [1.54, 1.807) is 0 Å². The molecule has 4 heterocycles. The number of hydrogen-bond donors (Lipinski definition) is 0. The van der Waals surface area contributed by atoms with Crippen LogP contribution in [0.1, 0.15) is 0 Å². The Hall–Kier alpha value is -4.58. The molecule has 0 aliphatic heterocycles. The average Bonchev–Trinajstić information content (AvgIpc) is 3.54. The number of oxazole rings is 2. The van der Waals surface area contributed by atoms with Crippen molar-refractivity contribution in [3.63, 3.8) is 0 Å². The van der Waals surface area contributed by atoms with Gasteiger partial charge in [-0.25, -0.2) is 0 Å². The molecule has 0 spiro atoms. The molecule has 0 unspecified atom stereocenters. The molecule has 4 aromatic carbocycles. The smallest absolute Gasteiger partial charge is 0.307 e. The first-order chi connectivity index (χ1) is 15.8. The zero-order valence-electron chi connectivity index (χ0n) is 16.7. The van der Waals surface area contributed by atoms with Gasteiger partial charge in [-0.2, -0.15) is 9.97 Å². The topological polar surface area (TPSA) is 60.9 Å². The SMILES string of the molecule is c1ccc2c(c1)oc1nc3cc(-c4ccc5c(c4)nc4oc6ccccc6n45)ccc3n12. The first-order valence-electron chi connectivity index (χ1n) is 10.4. The van der Waals surface area contributed by atoms with Crippen LogP contribution in [0.4, 0.5) is 0 Å². The van der Waals surface area contributed by atoms with Gasteiger partial charge in [0.25, 0.3) is 0 Å². The van der Waals surface area contributed by atoms with Crippen LogP contribution in [0.15, 0.2) is 93.8 Å². The third kappa shape index (κ3) is 1.98. The number of hydrogen-bond acceptors (Lipinski definition) is 4. The summed E-state index contributed by atoms with van der Waals surface area (Å²) in [7, 11) is 0. The Kier molecular flexibility index (Phi) is 2.81. The quantitative estimate of drug-likeness (QED) is 0.310. The monoisotopic (exact) mass is 414 g/mol. The van der Waals surface area contributed by atoms with Gasteiger partial charge in [-0.15, -0.1) is 0 Å². The second-order valence-corrected chi connectivity index (χ2v) is 8.01. The summed E-state index contributed by atoms with van der Waals surface area (Å²) in [6.45, 7) is 0. The van der Waals surface area contributed by atoms with Crippen LogP contribution in [0.25, 0.3) is 67.1 Å². The molecule has 8 rings (SSSR count). The first kappa shape index (κ1) is 16.2. The molecule has 0 fully saturated rings. The Bertz CT molecular complexity index is 1850. The lowest BCUT2D eigenvalue weighted by atomic mass is 10.0. The van der Waals surface area contributed by atoms with Crippen LogP contribution in [0, 0.1) is 0 Å². The molecule has 8 aromatic rings. The third-order valence-corrected chi connectivity index (χ3v) is 6.20. The summed E-state index contributed by atoms with van der Waals surface area (Å²) in [4.78, 5) is 9.45. The number of para-hydroxylation sites is 4. The molecule has 150 valence electrons. The van der Waals surface area contributed by atoms with E-state index in [2.05, 4.69) is 45.2 Å². The molecule has 0 radical (unpaired) electrons. The molecule has 0 saturated heterocycles. The number of fused-ring (bicyclic) bond motifs is 10. The van der Waals surface area contributed by atoms with E-state index in [1.807, 2.05) is 48.5 Å². The van der Waals surface area contributed by atoms with E-state index in [1.165, 1.54) is 0 Å². The summed E-state index contributed by atoms with van der Waals surface area (Å²) >= 11 is 0. The molecular weight excluding hydrogens is 400 g/mol. The Morgan fingerprint density at radius 3 is 1.47 bits per heavy atom. The number of nitrogens with zero attached hydrogens (tertiary/aromatic N) is 4. The van der Waals surface area contributed by atoms with Crippen LogP contribution in [0.3, 0.4) is 0 Å². The minimum atomic E-state index is 0.607. The van der Waals surface area contributed by atoms with Crippen molar-refractivity contribution in [3.05, 3.63) is 84.9 Å². The summed E-state index contributed by atoms with van der Waals surface area (Å²) in [5, 5.41) is 0. The zero-order valence-corrected chi connectivity index (χ0v) is 16.7. The Balaban J connectivity index is 1.32. The van der Waals surface area contributed by atoms with Crippen molar-refractivity contribution in [1.82, 2.24) is 18.8 Å². The summed E-state index contributed by atoms with van der Waals surface area (Å²) in [5.41, 5.74) is 9.73. The van der Waals surface area contributed by atoms with Crippen molar-refractivity contribution in [2.24, 2.45) is 0 Å². The lowest BCUT2D eigenvalue weighted by molar-refractivity contribution is 0.642. The highest BCUT2D eigenvalue weighted by atomic mass is 16.4.